The maximum absolute atomic E-state index is 12.2. The minimum Gasteiger partial charge on any atom is -0.345 e. The van der Waals surface area contributed by atoms with Crippen molar-refractivity contribution >= 4 is 23.4 Å². The fourth-order valence-corrected chi connectivity index (χ4v) is 3.14. The first kappa shape index (κ1) is 14.6. The first-order valence-electron chi connectivity index (χ1n) is 7.56. The molecular weight excluding hydrogens is 282 g/mol. The quantitative estimate of drug-likeness (QED) is 0.796. The van der Waals surface area contributed by atoms with Gasteiger partial charge in [-0.3, -0.25) is 14.4 Å². The predicted molar refractivity (Wildman–Crippen MR) is 81.1 cm³/mol. The van der Waals surface area contributed by atoms with Crippen LogP contribution in [0.3, 0.4) is 0 Å². The Labute approximate surface area is 128 Å². The first-order valence-corrected chi connectivity index (χ1v) is 7.56. The van der Waals surface area contributed by atoms with Gasteiger partial charge in [-0.1, -0.05) is 31.0 Å². The number of amides is 3. The summed E-state index contributed by atoms with van der Waals surface area (Å²) in [5.41, 5.74) is 1.48. The normalized spacial score (nSPS) is 20.9. The van der Waals surface area contributed by atoms with Crippen molar-refractivity contribution in [1.82, 2.24) is 10.6 Å². The zero-order valence-electron chi connectivity index (χ0n) is 12.5. The molecule has 1 saturated carbocycles. The highest BCUT2D eigenvalue weighted by Crippen LogP contribution is 2.34. The molecule has 22 heavy (non-hydrogen) atoms. The Morgan fingerprint density at radius 2 is 1.73 bits per heavy atom. The lowest BCUT2D eigenvalue weighted by Crippen LogP contribution is -2.46. The molecule has 3 rings (SSSR count). The van der Waals surface area contributed by atoms with E-state index in [1.807, 2.05) is 18.2 Å². The van der Waals surface area contributed by atoms with Crippen LogP contribution in [0.1, 0.15) is 37.3 Å². The second-order valence-electron chi connectivity index (χ2n) is 5.82. The first-order chi connectivity index (χ1) is 10.6. The van der Waals surface area contributed by atoms with Crippen LogP contribution in [0, 0.1) is 0 Å². The summed E-state index contributed by atoms with van der Waals surface area (Å²) in [5.74, 6) is -1.65. The van der Waals surface area contributed by atoms with E-state index in [0.29, 0.717) is 0 Å². The second-order valence-corrected chi connectivity index (χ2v) is 5.82. The number of hydrogen-bond acceptors (Lipinski definition) is 3. The van der Waals surface area contributed by atoms with Crippen molar-refractivity contribution < 1.29 is 14.4 Å². The fraction of sp³-hybridized carbons (Fsp3) is 0.438. The summed E-state index contributed by atoms with van der Waals surface area (Å²) in [6, 6.07) is 6.53. The number of carbonyl (C=O) groups excluding carboxylic acids is 3. The van der Waals surface area contributed by atoms with Gasteiger partial charge in [-0.15, -0.1) is 0 Å². The van der Waals surface area contributed by atoms with Gasteiger partial charge < -0.3 is 15.5 Å². The number of carbonyl (C=O) groups is 3. The van der Waals surface area contributed by atoms with Gasteiger partial charge in [0.15, 0.2) is 0 Å². The number of anilines is 1. The van der Waals surface area contributed by atoms with Gasteiger partial charge in [0.2, 0.25) is 0 Å². The molecule has 6 heteroatoms. The number of benzene rings is 1. The third-order valence-corrected chi connectivity index (χ3v) is 4.36. The molecule has 116 valence electrons. The van der Waals surface area contributed by atoms with Gasteiger partial charge in [-0.25, -0.2) is 0 Å². The smallest absolute Gasteiger partial charge is 0.310 e. The van der Waals surface area contributed by atoms with E-state index >= 15 is 0 Å². The van der Waals surface area contributed by atoms with Crippen molar-refractivity contribution in [2.75, 3.05) is 11.9 Å². The number of para-hydroxylation sites is 1. The molecule has 0 spiro atoms. The summed E-state index contributed by atoms with van der Waals surface area (Å²) in [6.45, 7) is 0. The summed E-state index contributed by atoms with van der Waals surface area (Å²) in [4.78, 5) is 37.7. The summed E-state index contributed by atoms with van der Waals surface area (Å²) in [7, 11) is 1.66. The summed E-state index contributed by atoms with van der Waals surface area (Å²) < 4.78 is 0. The molecule has 1 atom stereocenters. The lowest BCUT2D eigenvalue weighted by Gasteiger charge is -2.15. The van der Waals surface area contributed by atoms with Crippen molar-refractivity contribution in [3.05, 3.63) is 29.8 Å². The van der Waals surface area contributed by atoms with E-state index in [9.17, 15) is 14.4 Å². The molecule has 1 fully saturated rings. The lowest BCUT2D eigenvalue weighted by atomic mass is 10.1. The number of rotatable bonds is 2. The van der Waals surface area contributed by atoms with Crippen LogP contribution in [0.5, 0.6) is 0 Å². The number of fused-ring (bicyclic) bond motifs is 1. The molecule has 0 unspecified atom stereocenters. The molecule has 1 heterocycles. The molecule has 0 aromatic heterocycles. The van der Waals surface area contributed by atoms with Crippen LogP contribution in [-0.2, 0) is 14.4 Å². The van der Waals surface area contributed by atoms with E-state index in [0.717, 1.165) is 36.9 Å². The molecule has 0 radical (unpaired) electrons. The van der Waals surface area contributed by atoms with Gasteiger partial charge in [-0.05, 0) is 18.9 Å². The van der Waals surface area contributed by atoms with E-state index in [1.54, 1.807) is 13.1 Å². The van der Waals surface area contributed by atoms with Crippen LogP contribution in [0.15, 0.2) is 24.3 Å². The van der Waals surface area contributed by atoms with E-state index < -0.39 is 17.9 Å². The molecule has 1 aliphatic carbocycles. The van der Waals surface area contributed by atoms with Gasteiger partial charge >= 0.3 is 11.8 Å². The van der Waals surface area contributed by atoms with Gasteiger partial charge in [0.05, 0.1) is 0 Å². The Morgan fingerprint density at radius 1 is 1.09 bits per heavy atom. The average Bonchev–Trinajstić information content (AvgIpc) is 3.10. The number of hydrogen-bond donors (Lipinski definition) is 2. The largest absolute Gasteiger partial charge is 0.345 e. The Kier molecular flexibility index (Phi) is 3.83. The van der Waals surface area contributed by atoms with Crippen LogP contribution < -0.4 is 15.5 Å². The lowest BCUT2D eigenvalue weighted by molar-refractivity contribution is -0.140. The van der Waals surface area contributed by atoms with Crippen LogP contribution in [0.4, 0.5) is 5.69 Å². The van der Waals surface area contributed by atoms with E-state index in [-0.39, 0.29) is 11.9 Å². The highest BCUT2D eigenvalue weighted by atomic mass is 16.2. The fourth-order valence-electron chi connectivity index (χ4n) is 3.14. The Bertz CT molecular complexity index is 623. The maximum Gasteiger partial charge on any atom is 0.310 e. The van der Waals surface area contributed by atoms with Crippen molar-refractivity contribution in [2.24, 2.45) is 0 Å². The SMILES string of the molecule is CN1C(=O)[C@@H](NC(=O)C(=O)NC2CCCC2)c2ccccc21. The monoisotopic (exact) mass is 301 g/mol. The van der Waals surface area contributed by atoms with Crippen molar-refractivity contribution in [3.8, 4) is 0 Å². The van der Waals surface area contributed by atoms with Crippen molar-refractivity contribution in [2.45, 2.75) is 37.8 Å². The van der Waals surface area contributed by atoms with E-state index in [1.165, 1.54) is 4.90 Å². The molecule has 2 N–H and O–H groups in total. The second kappa shape index (κ2) is 5.79. The van der Waals surface area contributed by atoms with Gasteiger partial charge in [-0.2, -0.15) is 0 Å². The Balaban J connectivity index is 1.68. The van der Waals surface area contributed by atoms with Crippen LogP contribution in [-0.4, -0.2) is 30.8 Å². The van der Waals surface area contributed by atoms with Crippen LogP contribution in [0.2, 0.25) is 0 Å². The summed E-state index contributed by atoms with van der Waals surface area (Å²) >= 11 is 0. The number of nitrogens with zero attached hydrogens (tertiary/aromatic N) is 1. The number of nitrogens with one attached hydrogen (secondary N) is 2. The predicted octanol–water partition coefficient (Wildman–Crippen LogP) is 0.879. The maximum atomic E-state index is 12.2. The third kappa shape index (κ3) is 2.56. The zero-order chi connectivity index (χ0) is 15.7. The van der Waals surface area contributed by atoms with Crippen molar-refractivity contribution in [1.29, 1.82) is 0 Å². The Morgan fingerprint density at radius 3 is 2.45 bits per heavy atom. The average molecular weight is 301 g/mol. The zero-order valence-corrected chi connectivity index (χ0v) is 12.5. The highest BCUT2D eigenvalue weighted by Gasteiger charge is 2.37. The molecule has 2 aliphatic rings. The molecule has 1 aromatic carbocycles. The number of likely N-dealkylation sites (N-methyl/N-ethyl adjacent to an activating group) is 1. The molecule has 6 nitrogen and oxygen atoms in total. The third-order valence-electron chi connectivity index (χ3n) is 4.36. The van der Waals surface area contributed by atoms with E-state index in [2.05, 4.69) is 10.6 Å². The Hall–Kier alpha value is -2.37. The summed E-state index contributed by atoms with van der Waals surface area (Å²) in [6.07, 6.45) is 3.97. The molecule has 0 saturated heterocycles. The van der Waals surface area contributed by atoms with Gasteiger partial charge in [0, 0.05) is 24.3 Å². The van der Waals surface area contributed by atoms with Crippen molar-refractivity contribution in [3.63, 3.8) is 0 Å². The minimum atomic E-state index is -0.789. The van der Waals surface area contributed by atoms with Crippen LogP contribution >= 0.6 is 0 Å². The molecule has 1 aliphatic heterocycles. The standard InChI is InChI=1S/C16H19N3O3/c1-19-12-9-5-4-8-11(12)13(16(19)22)18-15(21)14(20)17-10-6-2-3-7-10/h4-5,8-10,13H,2-3,6-7H2,1H3,(H,17,20)(H,18,21)/t13-/m0/s1. The van der Waals surface area contributed by atoms with Crippen LogP contribution in [0.25, 0.3) is 0 Å². The summed E-state index contributed by atoms with van der Waals surface area (Å²) in [5, 5.41) is 5.27. The van der Waals surface area contributed by atoms with Gasteiger partial charge in [0.25, 0.3) is 5.91 Å². The molecule has 3 amide bonds. The van der Waals surface area contributed by atoms with E-state index in [4.69, 9.17) is 0 Å². The molecule has 1 aromatic rings. The van der Waals surface area contributed by atoms with Gasteiger partial charge in [0.1, 0.15) is 6.04 Å². The molecular formula is C16H19N3O3. The topological polar surface area (TPSA) is 78.5 Å². The minimum absolute atomic E-state index is 0.0764. The highest BCUT2D eigenvalue weighted by molar-refractivity contribution is 6.35. The molecule has 0 bridgehead atoms.